The van der Waals surface area contributed by atoms with Gasteiger partial charge < -0.3 is 19.8 Å². The van der Waals surface area contributed by atoms with Crippen molar-refractivity contribution in [3.05, 3.63) is 0 Å². The molecule has 0 aromatic rings. The summed E-state index contributed by atoms with van der Waals surface area (Å²) in [5.74, 6) is 0.435. The van der Waals surface area contributed by atoms with Gasteiger partial charge >= 0.3 is 0 Å². The van der Waals surface area contributed by atoms with Crippen molar-refractivity contribution in [2.45, 2.75) is 51.7 Å². The van der Waals surface area contributed by atoms with Crippen molar-refractivity contribution in [3.8, 4) is 0 Å². The fourth-order valence-corrected chi connectivity index (χ4v) is 3.50. The lowest BCUT2D eigenvalue weighted by atomic mass is 9.87. The van der Waals surface area contributed by atoms with Crippen molar-refractivity contribution in [3.63, 3.8) is 0 Å². The van der Waals surface area contributed by atoms with Crippen molar-refractivity contribution >= 4 is 0 Å². The molecule has 19 heavy (non-hydrogen) atoms. The number of ether oxygens (including phenoxy) is 1. The number of aliphatic hydroxyl groups excluding tert-OH is 2. The molecule has 0 aromatic heterocycles. The summed E-state index contributed by atoms with van der Waals surface area (Å²) in [6, 6.07) is 0. The van der Waals surface area contributed by atoms with Gasteiger partial charge in [-0.15, -0.1) is 0 Å². The molecule has 2 atom stereocenters. The molecule has 2 fully saturated rings. The van der Waals surface area contributed by atoms with Crippen LogP contribution in [0.25, 0.3) is 0 Å². The van der Waals surface area contributed by atoms with E-state index in [9.17, 15) is 5.11 Å². The van der Waals surface area contributed by atoms with Crippen LogP contribution < -0.4 is 0 Å². The van der Waals surface area contributed by atoms with Crippen LogP contribution >= 0.6 is 0 Å². The molecular weight excluding hydrogens is 242 g/mol. The molecule has 2 aliphatic rings. The number of nitrogens with zero attached hydrogens (tertiary/aromatic N) is 1. The van der Waals surface area contributed by atoms with Gasteiger partial charge in [0, 0.05) is 19.6 Å². The van der Waals surface area contributed by atoms with Crippen LogP contribution in [-0.4, -0.2) is 60.2 Å². The molecule has 0 aromatic carbocycles. The highest BCUT2D eigenvalue weighted by Gasteiger charge is 2.41. The average molecular weight is 271 g/mol. The maximum atomic E-state index is 10.3. The van der Waals surface area contributed by atoms with E-state index in [1.807, 2.05) is 0 Å². The van der Waals surface area contributed by atoms with Gasteiger partial charge in [-0.2, -0.15) is 0 Å². The summed E-state index contributed by atoms with van der Waals surface area (Å²) in [6.07, 6.45) is 4.53. The van der Waals surface area contributed by atoms with Crippen LogP contribution in [0.4, 0.5) is 0 Å². The minimum Gasteiger partial charge on any atom is -0.394 e. The zero-order valence-corrected chi connectivity index (χ0v) is 12.3. The summed E-state index contributed by atoms with van der Waals surface area (Å²) in [5.41, 5.74) is 0.0905. The molecule has 2 N–H and O–H groups in total. The largest absolute Gasteiger partial charge is 0.394 e. The van der Waals surface area contributed by atoms with Crippen LogP contribution in [0.3, 0.4) is 0 Å². The second kappa shape index (κ2) is 6.53. The summed E-state index contributed by atoms with van der Waals surface area (Å²) in [4.78, 5) is 2.47. The zero-order valence-electron chi connectivity index (χ0n) is 12.3. The predicted octanol–water partition coefficient (Wildman–Crippen LogP) is 1.26. The first-order valence-corrected chi connectivity index (χ1v) is 7.66. The third kappa shape index (κ3) is 3.91. The van der Waals surface area contributed by atoms with Crippen LogP contribution in [0.5, 0.6) is 0 Å². The van der Waals surface area contributed by atoms with E-state index in [1.165, 1.54) is 0 Å². The molecule has 112 valence electrons. The molecule has 0 spiro atoms. The van der Waals surface area contributed by atoms with Crippen LogP contribution in [0.2, 0.25) is 0 Å². The van der Waals surface area contributed by atoms with Crippen molar-refractivity contribution in [2.75, 3.05) is 32.8 Å². The fraction of sp³-hybridized carbons (Fsp3) is 1.00. The van der Waals surface area contributed by atoms with Gasteiger partial charge in [0.2, 0.25) is 0 Å². The maximum absolute atomic E-state index is 10.3. The highest BCUT2D eigenvalue weighted by Crippen LogP contribution is 2.41. The second-order valence-electron chi connectivity index (χ2n) is 6.83. The summed E-state index contributed by atoms with van der Waals surface area (Å²) in [7, 11) is 0. The molecule has 2 unspecified atom stereocenters. The molecular formula is C15H29NO3. The number of rotatable bonds is 5. The monoisotopic (exact) mass is 271 g/mol. The van der Waals surface area contributed by atoms with Gasteiger partial charge in [-0.05, 0) is 37.0 Å². The smallest absolute Gasteiger partial charge is 0.0701 e. The van der Waals surface area contributed by atoms with E-state index in [0.717, 1.165) is 45.3 Å². The fourth-order valence-electron chi connectivity index (χ4n) is 3.50. The van der Waals surface area contributed by atoms with Crippen molar-refractivity contribution in [2.24, 2.45) is 11.3 Å². The third-order valence-electron chi connectivity index (χ3n) is 4.88. The number of piperidine rings is 1. The van der Waals surface area contributed by atoms with Gasteiger partial charge in [0.25, 0.3) is 0 Å². The SMILES string of the molecule is CC1(C)CCC(CN2CCC(OCCO)CC2)C1O. The Morgan fingerprint density at radius 1 is 1.21 bits per heavy atom. The zero-order chi connectivity index (χ0) is 13.9. The van der Waals surface area contributed by atoms with Gasteiger partial charge in [-0.25, -0.2) is 0 Å². The standard InChI is InChI=1S/C15H29NO3/c1-15(2)6-3-12(14(15)18)11-16-7-4-13(5-8-16)19-10-9-17/h12-14,17-18H,3-11H2,1-2H3. The molecule has 0 bridgehead atoms. The highest BCUT2D eigenvalue weighted by atomic mass is 16.5. The Balaban J connectivity index is 1.71. The van der Waals surface area contributed by atoms with Crippen LogP contribution in [0.15, 0.2) is 0 Å². The first-order valence-electron chi connectivity index (χ1n) is 7.66. The Bertz CT molecular complexity index is 275. The second-order valence-corrected chi connectivity index (χ2v) is 6.83. The molecule has 4 heteroatoms. The highest BCUT2D eigenvalue weighted by molar-refractivity contribution is 4.92. The van der Waals surface area contributed by atoms with E-state index < -0.39 is 0 Å². The van der Waals surface area contributed by atoms with E-state index in [-0.39, 0.29) is 18.1 Å². The lowest BCUT2D eigenvalue weighted by Gasteiger charge is -2.35. The van der Waals surface area contributed by atoms with Crippen LogP contribution in [0.1, 0.15) is 39.5 Å². The molecule has 1 aliphatic carbocycles. The molecule has 1 saturated carbocycles. The van der Waals surface area contributed by atoms with Gasteiger partial charge in [0.1, 0.15) is 0 Å². The Morgan fingerprint density at radius 3 is 2.42 bits per heavy atom. The van der Waals surface area contributed by atoms with E-state index in [2.05, 4.69) is 18.7 Å². The number of aliphatic hydroxyl groups is 2. The topological polar surface area (TPSA) is 52.9 Å². The lowest BCUT2D eigenvalue weighted by Crippen LogP contribution is -2.42. The minimum absolute atomic E-state index is 0.0905. The molecule has 2 rings (SSSR count). The van der Waals surface area contributed by atoms with Crippen LogP contribution in [0, 0.1) is 11.3 Å². The van der Waals surface area contributed by atoms with Gasteiger partial charge in [-0.1, -0.05) is 13.8 Å². The van der Waals surface area contributed by atoms with E-state index in [0.29, 0.717) is 18.6 Å². The summed E-state index contributed by atoms with van der Waals surface area (Å²) in [6.45, 7) is 8.06. The predicted molar refractivity (Wildman–Crippen MR) is 75.0 cm³/mol. The molecule has 1 saturated heterocycles. The first-order chi connectivity index (χ1) is 9.03. The number of hydrogen-bond acceptors (Lipinski definition) is 4. The van der Waals surface area contributed by atoms with E-state index in [4.69, 9.17) is 9.84 Å². The Kier molecular flexibility index (Phi) is 5.23. The van der Waals surface area contributed by atoms with Gasteiger partial charge in [-0.3, -0.25) is 0 Å². The summed E-state index contributed by atoms with van der Waals surface area (Å²) < 4.78 is 5.58. The molecule has 0 amide bonds. The third-order valence-corrected chi connectivity index (χ3v) is 4.88. The minimum atomic E-state index is -0.157. The molecule has 4 nitrogen and oxygen atoms in total. The number of likely N-dealkylation sites (tertiary alicyclic amines) is 1. The van der Waals surface area contributed by atoms with Crippen molar-refractivity contribution in [1.82, 2.24) is 4.90 Å². The van der Waals surface area contributed by atoms with Crippen LogP contribution in [-0.2, 0) is 4.74 Å². The molecule has 0 radical (unpaired) electrons. The van der Waals surface area contributed by atoms with Crippen molar-refractivity contribution < 1.29 is 14.9 Å². The Morgan fingerprint density at radius 2 is 1.89 bits per heavy atom. The average Bonchev–Trinajstić information content (AvgIpc) is 2.65. The molecule has 1 heterocycles. The van der Waals surface area contributed by atoms with E-state index in [1.54, 1.807) is 0 Å². The lowest BCUT2D eigenvalue weighted by molar-refractivity contribution is -0.0177. The first kappa shape index (κ1) is 15.2. The summed E-state index contributed by atoms with van der Waals surface area (Å²) in [5, 5.41) is 19.1. The summed E-state index contributed by atoms with van der Waals surface area (Å²) >= 11 is 0. The Hall–Kier alpha value is -0.160. The van der Waals surface area contributed by atoms with Gasteiger partial charge in [0.05, 0.1) is 25.4 Å². The quantitative estimate of drug-likeness (QED) is 0.790. The normalized spacial score (nSPS) is 32.8. The maximum Gasteiger partial charge on any atom is 0.0701 e. The number of hydrogen-bond donors (Lipinski definition) is 2. The van der Waals surface area contributed by atoms with Gasteiger partial charge in [0.15, 0.2) is 0 Å². The van der Waals surface area contributed by atoms with E-state index >= 15 is 0 Å². The Labute approximate surface area is 116 Å². The van der Waals surface area contributed by atoms with Crippen molar-refractivity contribution in [1.29, 1.82) is 0 Å². The molecule has 1 aliphatic heterocycles.